The Labute approximate surface area is 36.9 Å². The first-order chi connectivity index (χ1) is 2.41. The average molecular weight is 92.2 g/mol. The van der Waals surface area contributed by atoms with E-state index in [0.717, 1.165) is 5.75 Å². The zero-order valence-corrected chi connectivity index (χ0v) is 4.34. The van der Waals surface area contributed by atoms with E-state index in [2.05, 4.69) is 4.18 Å². The Morgan fingerprint density at radius 1 is 1.80 bits per heavy atom. The minimum absolute atomic E-state index is 1.04. The van der Waals surface area contributed by atoms with Gasteiger partial charge in [0.25, 0.3) is 0 Å². The first-order valence-electron chi connectivity index (χ1n) is 1.57. The Bertz CT molecular complexity index is 14.4. The lowest BCUT2D eigenvalue weighted by molar-refractivity contribution is 0.490. The molecule has 0 fully saturated rings. The van der Waals surface area contributed by atoms with Crippen molar-refractivity contribution in [1.82, 2.24) is 0 Å². The second-order valence-electron chi connectivity index (χ2n) is 0.573. The summed E-state index contributed by atoms with van der Waals surface area (Å²) in [7, 11) is 1.67. The highest BCUT2D eigenvalue weighted by molar-refractivity contribution is 7.94. The molecule has 0 unspecified atom stereocenters. The van der Waals surface area contributed by atoms with Gasteiger partial charge in [0.15, 0.2) is 0 Å². The van der Waals surface area contributed by atoms with Crippen LogP contribution in [0.4, 0.5) is 0 Å². The zero-order valence-electron chi connectivity index (χ0n) is 3.52. The second-order valence-corrected chi connectivity index (χ2v) is 1.72. The molecule has 0 aliphatic rings. The van der Waals surface area contributed by atoms with Crippen LogP contribution in [0.1, 0.15) is 6.92 Å². The lowest BCUT2D eigenvalue weighted by atomic mass is 11.0. The van der Waals surface area contributed by atoms with Gasteiger partial charge < -0.3 is 4.18 Å². The van der Waals surface area contributed by atoms with Gasteiger partial charge in [-0.25, -0.2) is 0 Å². The van der Waals surface area contributed by atoms with Crippen molar-refractivity contribution >= 4 is 12.0 Å². The van der Waals surface area contributed by atoms with Crippen molar-refractivity contribution in [3.05, 3.63) is 0 Å². The molecule has 0 amide bonds. The Kier molecular flexibility index (Phi) is 4.58. The Morgan fingerprint density at radius 2 is 2.40 bits per heavy atom. The predicted octanol–water partition coefficient (Wildman–Crippen LogP) is 1.30. The van der Waals surface area contributed by atoms with E-state index in [1.165, 1.54) is 12.0 Å². The van der Waals surface area contributed by atoms with Gasteiger partial charge in [-0.2, -0.15) is 0 Å². The van der Waals surface area contributed by atoms with Gasteiger partial charge in [-0.15, -0.1) is 0 Å². The topological polar surface area (TPSA) is 9.23 Å². The molecule has 0 spiro atoms. The lowest BCUT2D eigenvalue weighted by Gasteiger charge is -1.82. The molecule has 0 aliphatic heterocycles. The van der Waals surface area contributed by atoms with E-state index >= 15 is 0 Å². The van der Waals surface area contributed by atoms with Crippen molar-refractivity contribution < 1.29 is 4.18 Å². The summed E-state index contributed by atoms with van der Waals surface area (Å²) in [6.45, 7) is 2.05. The van der Waals surface area contributed by atoms with Crippen molar-refractivity contribution in [3.8, 4) is 0 Å². The summed E-state index contributed by atoms with van der Waals surface area (Å²) in [6.07, 6.45) is 0. The van der Waals surface area contributed by atoms with Crippen LogP contribution < -0.4 is 0 Å². The van der Waals surface area contributed by atoms with Crippen LogP contribution in [0.5, 0.6) is 0 Å². The third-order valence-electron chi connectivity index (χ3n) is 0.236. The minimum Gasteiger partial charge on any atom is -0.319 e. The zero-order chi connectivity index (χ0) is 4.12. The molecule has 0 aromatic rings. The lowest BCUT2D eigenvalue weighted by Crippen LogP contribution is -1.64. The van der Waals surface area contributed by atoms with Gasteiger partial charge in [-0.3, -0.25) is 0 Å². The highest BCUT2D eigenvalue weighted by Gasteiger charge is 1.67. The predicted molar refractivity (Wildman–Crippen MR) is 25.1 cm³/mol. The molecule has 0 N–H and O–H groups in total. The van der Waals surface area contributed by atoms with Crippen LogP contribution in [0.15, 0.2) is 0 Å². The van der Waals surface area contributed by atoms with Gasteiger partial charge in [-0.1, -0.05) is 6.92 Å². The summed E-state index contributed by atoms with van der Waals surface area (Å²) in [5.74, 6) is 1.04. The van der Waals surface area contributed by atoms with Crippen LogP contribution >= 0.6 is 12.0 Å². The van der Waals surface area contributed by atoms with E-state index in [1.54, 1.807) is 7.11 Å². The smallest absolute Gasteiger partial charge is 0.0503 e. The van der Waals surface area contributed by atoms with Crippen molar-refractivity contribution in [3.63, 3.8) is 0 Å². The minimum atomic E-state index is 1.04. The van der Waals surface area contributed by atoms with E-state index in [0.29, 0.717) is 0 Å². The van der Waals surface area contributed by atoms with E-state index in [-0.39, 0.29) is 0 Å². The number of rotatable bonds is 2. The van der Waals surface area contributed by atoms with Crippen molar-refractivity contribution in [2.24, 2.45) is 0 Å². The van der Waals surface area contributed by atoms with Crippen LogP contribution in [0.3, 0.4) is 0 Å². The molecule has 0 bridgehead atoms. The van der Waals surface area contributed by atoms with Crippen molar-refractivity contribution in [2.75, 3.05) is 12.9 Å². The quantitative estimate of drug-likeness (QED) is 0.475. The fourth-order valence-corrected chi connectivity index (χ4v) is 0.354. The summed E-state index contributed by atoms with van der Waals surface area (Å²) >= 11 is 1.46. The molecule has 0 aromatic heterocycles. The molecule has 0 radical (unpaired) electrons. The SMILES string of the molecule is CCSOC. The fraction of sp³-hybridized carbons (Fsp3) is 1.00. The van der Waals surface area contributed by atoms with Gasteiger partial charge in [0.2, 0.25) is 0 Å². The molecule has 0 heterocycles. The third-order valence-corrected chi connectivity index (χ3v) is 0.707. The van der Waals surface area contributed by atoms with Crippen molar-refractivity contribution in [1.29, 1.82) is 0 Å². The van der Waals surface area contributed by atoms with Gasteiger partial charge in [0.05, 0.1) is 7.11 Å². The maximum atomic E-state index is 4.61. The maximum Gasteiger partial charge on any atom is 0.0503 e. The molecule has 1 nitrogen and oxygen atoms in total. The summed E-state index contributed by atoms with van der Waals surface area (Å²) in [4.78, 5) is 0. The number of hydrogen-bond acceptors (Lipinski definition) is 2. The van der Waals surface area contributed by atoms with Gasteiger partial charge in [-0.05, 0) is 12.0 Å². The molecule has 0 saturated carbocycles. The molecule has 0 atom stereocenters. The highest BCUT2D eigenvalue weighted by Crippen LogP contribution is 1.94. The van der Waals surface area contributed by atoms with Gasteiger partial charge in [0.1, 0.15) is 0 Å². The third kappa shape index (κ3) is 4.31. The van der Waals surface area contributed by atoms with Crippen LogP contribution in [-0.4, -0.2) is 12.9 Å². The molecular formula is C3H8OS. The normalized spacial score (nSPS) is 8.40. The van der Waals surface area contributed by atoms with Crippen LogP contribution in [0.2, 0.25) is 0 Å². The van der Waals surface area contributed by atoms with Crippen molar-refractivity contribution in [2.45, 2.75) is 6.92 Å². The van der Waals surface area contributed by atoms with E-state index in [1.807, 2.05) is 6.92 Å². The molecule has 2 heteroatoms. The molecule has 5 heavy (non-hydrogen) atoms. The summed E-state index contributed by atoms with van der Waals surface area (Å²) in [6, 6.07) is 0. The van der Waals surface area contributed by atoms with Crippen LogP contribution in [0, 0.1) is 0 Å². The summed E-state index contributed by atoms with van der Waals surface area (Å²) in [5, 5.41) is 0. The largest absolute Gasteiger partial charge is 0.319 e. The first-order valence-corrected chi connectivity index (χ1v) is 2.48. The molecule has 0 rings (SSSR count). The monoisotopic (exact) mass is 92.0 g/mol. The second kappa shape index (κ2) is 4.31. The molecular weight excluding hydrogens is 84.1 g/mol. The van der Waals surface area contributed by atoms with E-state index in [9.17, 15) is 0 Å². The highest BCUT2D eigenvalue weighted by atomic mass is 32.2. The summed E-state index contributed by atoms with van der Waals surface area (Å²) < 4.78 is 4.61. The van der Waals surface area contributed by atoms with Gasteiger partial charge >= 0.3 is 0 Å². The number of hydrogen-bond donors (Lipinski definition) is 0. The summed E-state index contributed by atoms with van der Waals surface area (Å²) in [5.41, 5.74) is 0. The van der Waals surface area contributed by atoms with Crippen LogP contribution in [0.25, 0.3) is 0 Å². The molecule has 0 aliphatic carbocycles. The molecule has 32 valence electrons. The standard InChI is InChI=1S/C3H8OS/c1-3-5-4-2/h3H2,1-2H3. The van der Waals surface area contributed by atoms with E-state index < -0.39 is 0 Å². The Balaban J connectivity index is 2.19. The molecule has 0 aromatic carbocycles. The Hall–Kier alpha value is 0.310. The van der Waals surface area contributed by atoms with Crippen LogP contribution in [-0.2, 0) is 4.18 Å². The average Bonchev–Trinajstić information content (AvgIpc) is 1.41. The maximum absolute atomic E-state index is 4.61. The molecule has 0 saturated heterocycles. The van der Waals surface area contributed by atoms with Gasteiger partial charge in [0, 0.05) is 5.75 Å². The van der Waals surface area contributed by atoms with E-state index in [4.69, 9.17) is 0 Å². The fourth-order valence-electron chi connectivity index (χ4n) is 0.118. The Morgan fingerprint density at radius 3 is 2.40 bits per heavy atom. The first kappa shape index (κ1) is 5.31.